The van der Waals surface area contributed by atoms with Gasteiger partial charge in [0.15, 0.2) is 0 Å². The molecule has 1 amide bonds. The third kappa shape index (κ3) is 4.08. The number of piperazine rings is 1. The van der Waals surface area contributed by atoms with E-state index in [-0.39, 0.29) is 18.1 Å². The Labute approximate surface area is 145 Å². The molecule has 0 aliphatic carbocycles. The Balaban J connectivity index is 1.46. The van der Waals surface area contributed by atoms with Gasteiger partial charge in [0.05, 0.1) is 12.1 Å². The van der Waals surface area contributed by atoms with Crippen LogP contribution in [0.15, 0.2) is 24.3 Å². The van der Waals surface area contributed by atoms with Crippen molar-refractivity contribution in [2.75, 3.05) is 44.2 Å². The van der Waals surface area contributed by atoms with Crippen LogP contribution >= 0.6 is 0 Å². The molecule has 1 aromatic carbocycles. The number of aryl methyl sites for hydroxylation is 1. The second kappa shape index (κ2) is 7.99. The van der Waals surface area contributed by atoms with Gasteiger partial charge in [-0.2, -0.15) is 0 Å². The van der Waals surface area contributed by atoms with Crippen LogP contribution in [0.1, 0.15) is 25.3 Å². The van der Waals surface area contributed by atoms with Gasteiger partial charge in [-0.25, -0.2) is 0 Å². The number of nitrogens with one attached hydrogen (secondary N) is 1. The second-order valence-corrected chi connectivity index (χ2v) is 6.87. The number of rotatable bonds is 5. The minimum Gasteiger partial charge on any atom is -0.376 e. The van der Waals surface area contributed by atoms with Crippen LogP contribution in [0.2, 0.25) is 0 Å². The highest BCUT2D eigenvalue weighted by Crippen LogP contribution is 2.21. The number of benzene rings is 1. The molecule has 0 aromatic heterocycles. The van der Waals surface area contributed by atoms with E-state index in [0.717, 1.165) is 45.6 Å². The summed E-state index contributed by atoms with van der Waals surface area (Å²) < 4.78 is 5.57. The molecule has 2 aliphatic rings. The van der Waals surface area contributed by atoms with Crippen LogP contribution in [-0.4, -0.2) is 62.3 Å². The minimum absolute atomic E-state index is 0.0783. The first-order valence-corrected chi connectivity index (χ1v) is 9.09. The average Bonchev–Trinajstić information content (AvgIpc) is 3.13. The Hall–Kier alpha value is -1.59. The molecule has 2 atom stereocenters. The molecule has 0 saturated carbocycles. The maximum atomic E-state index is 12.4. The molecule has 2 saturated heterocycles. The Bertz CT molecular complexity index is 549. The zero-order valence-corrected chi connectivity index (χ0v) is 14.8. The number of carbonyl (C=O) groups is 1. The van der Waals surface area contributed by atoms with Crippen LogP contribution in [0.5, 0.6) is 0 Å². The summed E-state index contributed by atoms with van der Waals surface area (Å²) in [6.07, 6.45) is 2.37. The molecular formula is C19H29N3O2. The number of para-hydroxylation sites is 1. The molecule has 132 valence electrons. The Morgan fingerprint density at radius 3 is 2.71 bits per heavy atom. The molecular weight excluding hydrogens is 302 g/mol. The lowest BCUT2D eigenvalue weighted by molar-refractivity contribution is -0.126. The summed E-state index contributed by atoms with van der Waals surface area (Å²) in [5.74, 6) is 0.120. The molecule has 5 heteroatoms. The summed E-state index contributed by atoms with van der Waals surface area (Å²) in [6, 6.07) is 8.43. The fraction of sp³-hybridized carbons (Fsp3) is 0.632. The van der Waals surface area contributed by atoms with E-state index >= 15 is 0 Å². The number of amides is 1. The Morgan fingerprint density at radius 1 is 1.29 bits per heavy atom. The summed E-state index contributed by atoms with van der Waals surface area (Å²) in [4.78, 5) is 17.1. The molecule has 0 radical (unpaired) electrons. The van der Waals surface area contributed by atoms with Gasteiger partial charge in [0.2, 0.25) is 5.91 Å². The smallest absolute Gasteiger partial charge is 0.237 e. The van der Waals surface area contributed by atoms with Gasteiger partial charge >= 0.3 is 0 Å². The molecule has 3 rings (SSSR count). The zero-order valence-electron chi connectivity index (χ0n) is 14.8. The molecule has 2 aliphatic heterocycles. The summed E-state index contributed by atoms with van der Waals surface area (Å²) >= 11 is 0. The summed E-state index contributed by atoms with van der Waals surface area (Å²) in [5.41, 5.74) is 2.63. The highest BCUT2D eigenvalue weighted by Gasteiger charge is 2.26. The first-order chi connectivity index (χ1) is 11.6. The summed E-state index contributed by atoms with van der Waals surface area (Å²) in [5, 5.41) is 3.05. The number of nitrogens with zero attached hydrogens (tertiary/aromatic N) is 2. The molecule has 5 nitrogen and oxygen atoms in total. The van der Waals surface area contributed by atoms with Crippen LogP contribution in [0.4, 0.5) is 5.69 Å². The van der Waals surface area contributed by atoms with Gasteiger partial charge in [-0.15, -0.1) is 0 Å². The number of carbonyl (C=O) groups excluding carboxylic acids is 1. The van der Waals surface area contributed by atoms with Gasteiger partial charge in [-0.1, -0.05) is 18.2 Å². The number of ether oxygens (including phenoxy) is 1. The van der Waals surface area contributed by atoms with E-state index < -0.39 is 0 Å². The highest BCUT2D eigenvalue weighted by atomic mass is 16.5. The van der Waals surface area contributed by atoms with Crippen LogP contribution in [-0.2, 0) is 9.53 Å². The highest BCUT2D eigenvalue weighted by molar-refractivity contribution is 5.81. The van der Waals surface area contributed by atoms with Gasteiger partial charge in [-0.05, 0) is 38.3 Å². The van der Waals surface area contributed by atoms with Gasteiger partial charge in [0.1, 0.15) is 0 Å². The quantitative estimate of drug-likeness (QED) is 0.894. The second-order valence-electron chi connectivity index (χ2n) is 6.87. The molecule has 0 unspecified atom stereocenters. The molecule has 2 fully saturated rings. The van der Waals surface area contributed by atoms with E-state index in [4.69, 9.17) is 4.74 Å². The molecule has 1 N–H and O–H groups in total. The van der Waals surface area contributed by atoms with Crippen LogP contribution < -0.4 is 10.2 Å². The van der Waals surface area contributed by atoms with Crippen LogP contribution in [0.25, 0.3) is 0 Å². The minimum atomic E-state index is -0.0783. The van der Waals surface area contributed by atoms with Crippen molar-refractivity contribution in [3.05, 3.63) is 29.8 Å². The molecule has 1 aromatic rings. The maximum absolute atomic E-state index is 12.4. The predicted molar refractivity (Wildman–Crippen MR) is 96.4 cm³/mol. The molecule has 0 bridgehead atoms. The normalized spacial score (nSPS) is 23.2. The van der Waals surface area contributed by atoms with Crippen molar-refractivity contribution in [1.82, 2.24) is 10.2 Å². The Kier molecular flexibility index (Phi) is 5.74. The maximum Gasteiger partial charge on any atom is 0.237 e. The monoisotopic (exact) mass is 331 g/mol. The van der Waals surface area contributed by atoms with E-state index in [1.165, 1.54) is 11.3 Å². The van der Waals surface area contributed by atoms with Gasteiger partial charge in [0, 0.05) is 45.0 Å². The van der Waals surface area contributed by atoms with Gasteiger partial charge < -0.3 is 15.0 Å². The lowest BCUT2D eigenvalue weighted by Crippen LogP contribution is -2.54. The number of anilines is 1. The third-order valence-electron chi connectivity index (χ3n) is 5.23. The SMILES string of the molecule is Cc1ccccc1N1CCN([C@H](C)C(=O)NC[C@H]2CCCO2)CC1. The predicted octanol–water partition coefficient (Wildman–Crippen LogP) is 1.80. The van der Waals surface area contributed by atoms with Crippen LogP contribution in [0, 0.1) is 6.92 Å². The lowest BCUT2D eigenvalue weighted by Gasteiger charge is -2.39. The largest absolute Gasteiger partial charge is 0.376 e. The fourth-order valence-electron chi connectivity index (χ4n) is 3.60. The van der Waals surface area contributed by atoms with Crippen molar-refractivity contribution in [2.24, 2.45) is 0 Å². The number of hydrogen-bond acceptors (Lipinski definition) is 4. The third-order valence-corrected chi connectivity index (χ3v) is 5.23. The van der Waals surface area contributed by atoms with Gasteiger partial charge in [0.25, 0.3) is 0 Å². The van der Waals surface area contributed by atoms with E-state index in [2.05, 4.69) is 46.3 Å². The first kappa shape index (κ1) is 17.2. The Morgan fingerprint density at radius 2 is 2.04 bits per heavy atom. The van der Waals surface area contributed by atoms with Crippen molar-refractivity contribution in [3.63, 3.8) is 0 Å². The standard InChI is InChI=1S/C19H29N3O2/c1-15-6-3-4-8-18(15)22-11-9-21(10-12-22)16(2)19(23)20-14-17-7-5-13-24-17/h3-4,6,8,16-17H,5,7,9-14H2,1-2H3,(H,20,23)/t16-,17-/m1/s1. The molecule has 24 heavy (non-hydrogen) atoms. The molecule has 2 heterocycles. The zero-order chi connectivity index (χ0) is 16.9. The van der Waals surface area contributed by atoms with Crippen LogP contribution in [0.3, 0.4) is 0 Å². The van der Waals surface area contributed by atoms with Crippen molar-refractivity contribution < 1.29 is 9.53 Å². The first-order valence-electron chi connectivity index (χ1n) is 9.09. The van der Waals surface area contributed by atoms with Crippen molar-refractivity contribution >= 4 is 11.6 Å². The van der Waals surface area contributed by atoms with Crippen molar-refractivity contribution in [1.29, 1.82) is 0 Å². The lowest BCUT2D eigenvalue weighted by atomic mass is 10.1. The van der Waals surface area contributed by atoms with E-state index in [1.807, 2.05) is 6.92 Å². The number of hydrogen-bond donors (Lipinski definition) is 1. The van der Waals surface area contributed by atoms with E-state index in [1.54, 1.807) is 0 Å². The molecule has 0 spiro atoms. The van der Waals surface area contributed by atoms with Crippen molar-refractivity contribution in [3.8, 4) is 0 Å². The topological polar surface area (TPSA) is 44.8 Å². The van der Waals surface area contributed by atoms with E-state index in [9.17, 15) is 4.79 Å². The summed E-state index contributed by atoms with van der Waals surface area (Å²) in [7, 11) is 0. The average molecular weight is 331 g/mol. The summed E-state index contributed by atoms with van der Waals surface area (Å²) in [6.45, 7) is 9.41. The van der Waals surface area contributed by atoms with Gasteiger partial charge in [-0.3, -0.25) is 9.69 Å². The van der Waals surface area contributed by atoms with Crippen molar-refractivity contribution in [2.45, 2.75) is 38.8 Å². The van der Waals surface area contributed by atoms with E-state index in [0.29, 0.717) is 6.54 Å². The fourth-order valence-corrected chi connectivity index (χ4v) is 3.60.